The minimum atomic E-state index is -0.203. The van der Waals surface area contributed by atoms with Crippen molar-refractivity contribution < 1.29 is 4.79 Å². The molecule has 0 unspecified atom stereocenters. The maximum absolute atomic E-state index is 12.6. The van der Waals surface area contributed by atoms with Gasteiger partial charge in [-0.3, -0.25) is 9.59 Å². The van der Waals surface area contributed by atoms with Crippen LogP contribution in [0.1, 0.15) is 23.2 Å². The number of halogens is 1. The summed E-state index contributed by atoms with van der Waals surface area (Å²) >= 11 is 0. The number of aromatic nitrogens is 2. The number of nitrogens with one attached hydrogen (secondary N) is 3. The maximum Gasteiger partial charge on any atom is 0.272 e. The molecule has 2 aromatic rings. The molecular formula is C14H19ClN4O2. The third-order valence-electron chi connectivity index (χ3n) is 4.02. The van der Waals surface area contributed by atoms with Crippen LogP contribution in [0, 0.1) is 0 Å². The van der Waals surface area contributed by atoms with Gasteiger partial charge >= 0.3 is 0 Å². The van der Waals surface area contributed by atoms with Crippen LogP contribution in [0.25, 0.3) is 10.9 Å². The summed E-state index contributed by atoms with van der Waals surface area (Å²) in [6, 6.07) is 2.03. The molecule has 21 heavy (non-hydrogen) atoms. The number of nitrogens with zero attached hydrogens (tertiary/aromatic N) is 1. The first-order chi connectivity index (χ1) is 9.68. The van der Waals surface area contributed by atoms with Crippen molar-refractivity contribution in [3.05, 3.63) is 34.4 Å². The van der Waals surface area contributed by atoms with Crippen LogP contribution in [0.4, 0.5) is 0 Å². The first kappa shape index (κ1) is 15.6. The predicted molar refractivity (Wildman–Crippen MR) is 84.2 cm³/mol. The summed E-state index contributed by atoms with van der Waals surface area (Å²) in [6.07, 6.45) is 5.11. The number of H-pyrrole nitrogens is 2. The summed E-state index contributed by atoms with van der Waals surface area (Å²) in [7, 11) is 1.84. The van der Waals surface area contributed by atoms with Gasteiger partial charge in [-0.15, -0.1) is 12.4 Å². The number of hydrogen-bond acceptors (Lipinski definition) is 3. The van der Waals surface area contributed by atoms with Crippen molar-refractivity contribution in [1.82, 2.24) is 20.2 Å². The van der Waals surface area contributed by atoms with Crippen LogP contribution in [-0.4, -0.2) is 47.0 Å². The molecule has 1 aliphatic rings. The molecule has 0 bridgehead atoms. The van der Waals surface area contributed by atoms with E-state index in [9.17, 15) is 9.59 Å². The first-order valence-electron chi connectivity index (χ1n) is 6.85. The van der Waals surface area contributed by atoms with E-state index in [2.05, 4.69) is 15.3 Å². The summed E-state index contributed by atoms with van der Waals surface area (Å²) in [6.45, 7) is 1.88. The highest BCUT2D eigenvalue weighted by Crippen LogP contribution is 2.18. The molecule has 6 nitrogen and oxygen atoms in total. The van der Waals surface area contributed by atoms with Gasteiger partial charge in [-0.1, -0.05) is 0 Å². The van der Waals surface area contributed by atoms with E-state index < -0.39 is 0 Å². The molecule has 0 atom stereocenters. The number of piperidine rings is 1. The van der Waals surface area contributed by atoms with Crippen molar-refractivity contribution in [1.29, 1.82) is 0 Å². The largest absolute Gasteiger partial charge is 0.357 e. The zero-order chi connectivity index (χ0) is 14.1. The fraction of sp³-hybridized carbons (Fsp3) is 0.429. The van der Waals surface area contributed by atoms with Gasteiger partial charge in [0.2, 0.25) is 0 Å². The first-order valence-corrected chi connectivity index (χ1v) is 6.85. The summed E-state index contributed by atoms with van der Waals surface area (Å²) in [5.41, 5.74) is 0.794. The Morgan fingerprint density at radius 3 is 2.71 bits per heavy atom. The molecule has 0 radical (unpaired) electrons. The number of carbonyl (C=O) groups is 1. The molecular weight excluding hydrogens is 292 g/mol. The topological polar surface area (TPSA) is 81.0 Å². The minimum Gasteiger partial charge on any atom is -0.357 e. The lowest BCUT2D eigenvalue weighted by molar-refractivity contribution is 0.0705. The highest BCUT2D eigenvalue weighted by atomic mass is 35.5. The van der Waals surface area contributed by atoms with Gasteiger partial charge in [0, 0.05) is 30.9 Å². The Labute approximate surface area is 128 Å². The Hall–Kier alpha value is -1.79. The van der Waals surface area contributed by atoms with Crippen molar-refractivity contribution in [2.24, 2.45) is 0 Å². The number of fused-ring (bicyclic) bond motifs is 1. The van der Waals surface area contributed by atoms with E-state index in [1.54, 1.807) is 17.2 Å². The number of carbonyl (C=O) groups excluding carboxylic acids is 1. The lowest BCUT2D eigenvalue weighted by Crippen LogP contribution is -2.44. The molecule has 1 amide bonds. The Kier molecular flexibility index (Phi) is 4.69. The standard InChI is InChI=1S/C14H18N4O2.ClH/c1-18(9-2-5-15-6-3-9)14(20)11-8-17-13(19)12-10(11)4-7-16-12;/h4,7-9,15-16H,2-3,5-6H2,1H3,(H,17,19);1H. The lowest BCUT2D eigenvalue weighted by Gasteiger charge is -2.31. The van der Waals surface area contributed by atoms with Gasteiger partial charge in [-0.25, -0.2) is 0 Å². The van der Waals surface area contributed by atoms with E-state index in [-0.39, 0.29) is 29.9 Å². The average Bonchev–Trinajstić information content (AvgIpc) is 2.97. The molecule has 0 saturated carbocycles. The highest BCUT2D eigenvalue weighted by Gasteiger charge is 2.24. The van der Waals surface area contributed by atoms with Gasteiger partial charge in [0.25, 0.3) is 11.5 Å². The maximum atomic E-state index is 12.6. The van der Waals surface area contributed by atoms with Crippen LogP contribution in [0.5, 0.6) is 0 Å². The summed E-state index contributed by atoms with van der Waals surface area (Å²) in [5.74, 6) is -0.0437. The second kappa shape index (κ2) is 6.32. The second-order valence-corrected chi connectivity index (χ2v) is 5.20. The van der Waals surface area contributed by atoms with E-state index in [4.69, 9.17) is 0 Å². The highest BCUT2D eigenvalue weighted by molar-refractivity contribution is 6.05. The Balaban J connectivity index is 0.00000161. The van der Waals surface area contributed by atoms with Gasteiger partial charge in [-0.2, -0.15) is 0 Å². The summed E-state index contributed by atoms with van der Waals surface area (Å²) in [5, 5.41) is 3.97. The SMILES string of the molecule is CN(C(=O)c1c[nH]c(=O)c2[nH]ccc12)C1CCNCC1.Cl. The van der Waals surface area contributed by atoms with Crippen molar-refractivity contribution >= 4 is 29.2 Å². The quantitative estimate of drug-likeness (QED) is 0.777. The van der Waals surface area contributed by atoms with Crippen LogP contribution in [0.15, 0.2) is 23.3 Å². The van der Waals surface area contributed by atoms with Crippen molar-refractivity contribution in [2.45, 2.75) is 18.9 Å². The normalized spacial score (nSPS) is 15.7. The lowest BCUT2D eigenvalue weighted by atomic mass is 10.0. The van der Waals surface area contributed by atoms with Crippen LogP contribution in [0.2, 0.25) is 0 Å². The van der Waals surface area contributed by atoms with Gasteiger partial charge in [0.15, 0.2) is 0 Å². The monoisotopic (exact) mass is 310 g/mol. The minimum absolute atomic E-state index is 0. The van der Waals surface area contributed by atoms with Gasteiger partial charge < -0.3 is 20.2 Å². The molecule has 1 saturated heterocycles. The zero-order valence-corrected chi connectivity index (χ0v) is 12.6. The molecule has 3 heterocycles. The van der Waals surface area contributed by atoms with Gasteiger partial charge in [-0.05, 0) is 32.0 Å². The third-order valence-corrected chi connectivity index (χ3v) is 4.02. The van der Waals surface area contributed by atoms with Crippen molar-refractivity contribution in [3.63, 3.8) is 0 Å². The van der Waals surface area contributed by atoms with E-state index >= 15 is 0 Å². The smallest absolute Gasteiger partial charge is 0.272 e. The number of rotatable bonds is 2. The molecule has 114 valence electrons. The van der Waals surface area contributed by atoms with E-state index in [1.165, 1.54) is 6.20 Å². The molecule has 3 N–H and O–H groups in total. The van der Waals surface area contributed by atoms with E-state index in [0.29, 0.717) is 16.5 Å². The zero-order valence-electron chi connectivity index (χ0n) is 11.8. The Morgan fingerprint density at radius 1 is 1.29 bits per heavy atom. The molecule has 0 spiro atoms. The second-order valence-electron chi connectivity index (χ2n) is 5.20. The predicted octanol–water partition coefficient (Wildman–Crippen LogP) is 1.10. The molecule has 3 rings (SSSR count). The number of aromatic amines is 2. The average molecular weight is 311 g/mol. The molecule has 0 aromatic carbocycles. The van der Waals surface area contributed by atoms with Crippen LogP contribution < -0.4 is 10.9 Å². The molecule has 7 heteroatoms. The van der Waals surface area contributed by atoms with Gasteiger partial charge in [0.05, 0.1) is 5.56 Å². The van der Waals surface area contributed by atoms with Crippen LogP contribution in [-0.2, 0) is 0 Å². The molecule has 1 aliphatic heterocycles. The Bertz CT molecular complexity index is 688. The summed E-state index contributed by atoms with van der Waals surface area (Å²) in [4.78, 5) is 31.6. The van der Waals surface area contributed by atoms with Crippen LogP contribution in [0.3, 0.4) is 0 Å². The van der Waals surface area contributed by atoms with Crippen LogP contribution >= 0.6 is 12.4 Å². The van der Waals surface area contributed by atoms with Crippen molar-refractivity contribution in [2.75, 3.05) is 20.1 Å². The fourth-order valence-corrected chi connectivity index (χ4v) is 2.80. The molecule has 2 aromatic heterocycles. The Morgan fingerprint density at radius 2 is 2.00 bits per heavy atom. The van der Waals surface area contributed by atoms with Crippen molar-refractivity contribution in [3.8, 4) is 0 Å². The number of hydrogen-bond donors (Lipinski definition) is 3. The number of amides is 1. The fourth-order valence-electron chi connectivity index (χ4n) is 2.80. The third kappa shape index (κ3) is 2.82. The summed E-state index contributed by atoms with van der Waals surface area (Å²) < 4.78 is 0. The van der Waals surface area contributed by atoms with E-state index in [0.717, 1.165) is 25.9 Å². The molecule has 1 fully saturated rings. The van der Waals surface area contributed by atoms with Gasteiger partial charge in [0.1, 0.15) is 5.52 Å². The number of pyridine rings is 1. The van der Waals surface area contributed by atoms with E-state index in [1.807, 2.05) is 7.05 Å². The molecule has 0 aliphatic carbocycles.